The molecule has 34 heavy (non-hydrogen) atoms. The largest absolute Gasteiger partial charge is 0.373 e. The third kappa shape index (κ3) is 3.71. The fraction of sp³-hybridized carbons (Fsp3) is 0.120. The number of aryl methyl sites for hydroxylation is 2. The van der Waals surface area contributed by atoms with Gasteiger partial charge in [-0.3, -0.25) is 9.78 Å². The van der Waals surface area contributed by atoms with E-state index >= 15 is 0 Å². The van der Waals surface area contributed by atoms with Crippen LogP contribution >= 0.6 is 34.2 Å². The molecule has 0 radical (unpaired) electrons. The summed E-state index contributed by atoms with van der Waals surface area (Å²) in [6.45, 7) is 0. The van der Waals surface area contributed by atoms with Gasteiger partial charge >= 0.3 is 0 Å². The van der Waals surface area contributed by atoms with Crippen LogP contribution in [0.15, 0.2) is 77.9 Å². The minimum Gasteiger partial charge on any atom is -0.373 e. The monoisotopic (exact) mass is 583 g/mol. The maximum atomic E-state index is 12.7. The van der Waals surface area contributed by atoms with Crippen LogP contribution in [-0.2, 0) is 19.7 Å². The summed E-state index contributed by atoms with van der Waals surface area (Å²) in [7, 11) is 3.42. The van der Waals surface area contributed by atoms with E-state index < -0.39 is 5.60 Å². The molecule has 170 valence electrons. The fourth-order valence-corrected chi connectivity index (χ4v) is 4.73. The van der Waals surface area contributed by atoms with Gasteiger partial charge in [0.1, 0.15) is 5.69 Å². The van der Waals surface area contributed by atoms with Crippen molar-refractivity contribution in [3.05, 3.63) is 109 Å². The molecule has 5 rings (SSSR count). The fourth-order valence-electron chi connectivity index (χ4n) is 4.18. The first-order valence-corrected chi connectivity index (χ1v) is 11.8. The van der Waals surface area contributed by atoms with Gasteiger partial charge in [-0.2, -0.15) is 0 Å². The van der Waals surface area contributed by atoms with Crippen LogP contribution < -0.4 is 5.56 Å². The Morgan fingerprint density at radius 3 is 2.47 bits per heavy atom. The highest BCUT2D eigenvalue weighted by Gasteiger charge is 2.39. The molecule has 3 aromatic heterocycles. The Morgan fingerprint density at radius 2 is 1.79 bits per heavy atom. The summed E-state index contributed by atoms with van der Waals surface area (Å²) < 4.78 is 4.11. The maximum absolute atomic E-state index is 12.7. The highest BCUT2D eigenvalue weighted by atomic mass is 127. The molecule has 3 heterocycles. The maximum Gasteiger partial charge on any atom is 0.251 e. The molecule has 0 amide bonds. The average Bonchev–Trinajstić information content (AvgIpc) is 3.27. The van der Waals surface area contributed by atoms with Crippen LogP contribution in [0.2, 0.25) is 5.02 Å². The van der Waals surface area contributed by atoms with Crippen LogP contribution in [0.3, 0.4) is 0 Å². The molecule has 0 unspecified atom stereocenters. The molecule has 0 aliphatic heterocycles. The third-order valence-electron chi connectivity index (χ3n) is 5.99. The van der Waals surface area contributed by atoms with Crippen LogP contribution in [0.1, 0.15) is 17.0 Å². The lowest BCUT2D eigenvalue weighted by Crippen LogP contribution is -2.32. The molecule has 1 N–H and O–H groups in total. The number of pyridine rings is 2. The Bertz CT molecular complexity index is 1600. The summed E-state index contributed by atoms with van der Waals surface area (Å²) in [5.41, 5.74) is 1.82. The summed E-state index contributed by atoms with van der Waals surface area (Å²) in [4.78, 5) is 17.3. The van der Waals surface area contributed by atoms with Gasteiger partial charge in [0.15, 0.2) is 5.60 Å². The number of hydrogen-bond donors (Lipinski definition) is 1. The predicted octanol–water partition coefficient (Wildman–Crippen LogP) is 4.27. The van der Waals surface area contributed by atoms with E-state index in [9.17, 15) is 9.90 Å². The highest BCUT2D eigenvalue weighted by Crippen LogP contribution is 2.38. The number of hydrogen-bond acceptors (Lipinski definition) is 5. The molecule has 0 aliphatic carbocycles. The Labute approximate surface area is 213 Å². The van der Waals surface area contributed by atoms with E-state index in [0.29, 0.717) is 33.1 Å². The minimum absolute atomic E-state index is 0.166. The average molecular weight is 584 g/mol. The number of aromatic nitrogens is 5. The summed E-state index contributed by atoms with van der Waals surface area (Å²) in [5, 5.41) is 21.6. The van der Waals surface area contributed by atoms with Gasteiger partial charge in [0, 0.05) is 34.1 Å². The van der Waals surface area contributed by atoms with Gasteiger partial charge < -0.3 is 9.67 Å². The van der Waals surface area contributed by atoms with Gasteiger partial charge in [-0.1, -0.05) is 41.1 Å². The molecule has 9 heteroatoms. The molecule has 5 aromatic rings. The smallest absolute Gasteiger partial charge is 0.251 e. The number of benzene rings is 2. The SMILES string of the molecule is Cn1nncc1[C@@](O)(c1ccc(I)cc1)c1cc2c(-c3cccc(Cl)c3)cc(=O)n(C)c2cn1. The van der Waals surface area contributed by atoms with Crippen molar-refractivity contribution in [1.29, 1.82) is 0 Å². The quantitative estimate of drug-likeness (QED) is 0.320. The van der Waals surface area contributed by atoms with E-state index in [1.807, 2.05) is 48.5 Å². The second-order valence-electron chi connectivity index (χ2n) is 8.01. The Morgan fingerprint density at radius 1 is 1.03 bits per heavy atom. The van der Waals surface area contributed by atoms with Gasteiger partial charge in [-0.05, 0) is 69.6 Å². The molecular weight excluding hydrogens is 565 g/mol. The normalized spacial score (nSPS) is 13.2. The molecule has 0 saturated heterocycles. The zero-order chi connectivity index (χ0) is 24.0. The van der Waals surface area contributed by atoms with Gasteiger partial charge in [-0.25, -0.2) is 4.68 Å². The van der Waals surface area contributed by atoms with Crippen molar-refractivity contribution in [2.45, 2.75) is 5.60 Å². The van der Waals surface area contributed by atoms with Crippen LogP contribution in [0.4, 0.5) is 0 Å². The second kappa shape index (κ2) is 8.61. The first-order chi connectivity index (χ1) is 16.3. The van der Waals surface area contributed by atoms with E-state index in [1.54, 1.807) is 32.4 Å². The Balaban J connectivity index is 1.84. The Kier molecular flexibility index (Phi) is 5.75. The topological polar surface area (TPSA) is 85.8 Å². The molecule has 7 nitrogen and oxygen atoms in total. The Hall–Kier alpha value is -3.08. The molecule has 1 atom stereocenters. The van der Waals surface area contributed by atoms with E-state index in [1.165, 1.54) is 15.4 Å². The lowest BCUT2D eigenvalue weighted by molar-refractivity contribution is 0.111. The van der Waals surface area contributed by atoms with Crippen molar-refractivity contribution < 1.29 is 5.11 Å². The lowest BCUT2D eigenvalue weighted by atomic mass is 9.86. The second-order valence-corrected chi connectivity index (χ2v) is 9.69. The first-order valence-electron chi connectivity index (χ1n) is 10.4. The zero-order valence-electron chi connectivity index (χ0n) is 18.3. The highest BCUT2D eigenvalue weighted by molar-refractivity contribution is 14.1. The van der Waals surface area contributed by atoms with E-state index in [2.05, 4.69) is 37.9 Å². The van der Waals surface area contributed by atoms with E-state index in [4.69, 9.17) is 11.6 Å². The lowest BCUT2D eigenvalue weighted by Gasteiger charge is -2.28. The third-order valence-corrected chi connectivity index (χ3v) is 6.94. The summed E-state index contributed by atoms with van der Waals surface area (Å²) in [6, 6.07) is 18.3. The molecule has 0 bridgehead atoms. The first kappa shape index (κ1) is 22.7. The molecule has 0 spiro atoms. The predicted molar refractivity (Wildman–Crippen MR) is 140 cm³/mol. The van der Waals surface area contributed by atoms with E-state index in [0.717, 1.165) is 14.5 Å². The molecule has 0 aliphatic rings. The van der Waals surface area contributed by atoms with Crippen LogP contribution in [0, 0.1) is 3.57 Å². The van der Waals surface area contributed by atoms with Gasteiger partial charge in [-0.15, -0.1) is 5.10 Å². The minimum atomic E-state index is -1.63. The standard InChI is InChI=1S/C25H19ClIN5O2/c1-31-21-13-28-22(11-20(21)19(12-24(31)33)15-4-3-5-17(26)10-15)25(34,23-14-29-30-32(23)2)16-6-8-18(27)9-7-16/h3-14,34H,1-2H3/t25-/m1/s1. The van der Waals surface area contributed by atoms with Crippen molar-refractivity contribution in [1.82, 2.24) is 24.5 Å². The van der Waals surface area contributed by atoms with Crippen molar-refractivity contribution in [2.24, 2.45) is 14.1 Å². The molecular formula is C25H19ClIN5O2. The van der Waals surface area contributed by atoms with Crippen LogP contribution in [0.25, 0.3) is 22.0 Å². The summed E-state index contributed by atoms with van der Waals surface area (Å²) in [5.74, 6) is 0. The summed E-state index contributed by atoms with van der Waals surface area (Å²) >= 11 is 8.47. The number of halogens is 2. The van der Waals surface area contributed by atoms with Gasteiger partial charge in [0.2, 0.25) is 0 Å². The van der Waals surface area contributed by atoms with Crippen LogP contribution in [0.5, 0.6) is 0 Å². The number of rotatable bonds is 4. The number of aliphatic hydroxyl groups is 1. The van der Waals surface area contributed by atoms with Crippen molar-refractivity contribution in [3.63, 3.8) is 0 Å². The molecule has 0 fully saturated rings. The number of nitrogens with zero attached hydrogens (tertiary/aromatic N) is 5. The van der Waals surface area contributed by atoms with Crippen molar-refractivity contribution in [3.8, 4) is 11.1 Å². The summed E-state index contributed by atoms with van der Waals surface area (Å²) in [6.07, 6.45) is 3.14. The number of fused-ring (bicyclic) bond motifs is 1. The van der Waals surface area contributed by atoms with Crippen molar-refractivity contribution in [2.75, 3.05) is 0 Å². The van der Waals surface area contributed by atoms with Crippen LogP contribution in [-0.4, -0.2) is 29.7 Å². The van der Waals surface area contributed by atoms with E-state index in [-0.39, 0.29) is 5.56 Å². The zero-order valence-corrected chi connectivity index (χ0v) is 21.2. The van der Waals surface area contributed by atoms with Crippen molar-refractivity contribution >= 4 is 45.1 Å². The molecule has 0 saturated carbocycles. The van der Waals surface area contributed by atoms with Gasteiger partial charge in [0.25, 0.3) is 5.56 Å². The van der Waals surface area contributed by atoms with Gasteiger partial charge in [0.05, 0.1) is 23.6 Å². The molecule has 2 aromatic carbocycles.